The van der Waals surface area contributed by atoms with Crippen LogP contribution < -0.4 is 5.32 Å². The van der Waals surface area contributed by atoms with Gasteiger partial charge in [-0.25, -0.2) is 9.59 Å². The van der Waals surface area contributed by atoms with E-state index in [9.17, 15) is 9.59 Å². The summed E-state index contributed by atoms with van der Waals surface area (Å²) >= 11 is 0. The van der Waals surface area contributed by atoms with E-state index in [1.54, 1.807) is 13.0 Å². The largest absolute Gasteiger partial charge is 0.468 e. The zero-order chi connectivity index (χ0) is 16.8. The molecule has 122 valence electrons. The number of aryl methyl sites for hydroxylation is 1. The molecular weight excluding hydrogens is 298 g/mol. The molecule has 0 bridgehead atoms. The Hall–Kier alpha value is -2.60. The maximum Gasteiger partial charge on any atom is 0.341 e. The van der Waals surface area contributed by atoms with Crippen LogP contribution in [0.4, 0.5) is 0 Å². The first-order valence-electron chi connectivity index (χ1n) is 7.10. The van der Waals surface area contributed by atoms with E-state index in [-0.39, 0.29) is 6.54 Å². The van der Waals surface area contributed by atoms with Gasteiger partial charge in [-0.3, -0.25) is 5.32 Å². The predicted molar refractivity (Wildman–Crippen MR) is 82.8 cm³/mol. The number of furan rings is 1. The Morgan fingerprint density at radius 2 is 1.87 bits per heavy atom. The highest BCUT2D eigenvalue weighted by Gasteiger charge is 2.22. The summed E-state index contributed by atoms with van der Waals surface area (Å²) in [6.07, 6.45) is 0. The summed E-state index contributed by atoms with van der Waals surface area (Å²) in [6, 6.07) is 10.2. The minimum Gasteiger partial charge on any atom is -0.468 e. The third-order valence-electron chi connectivity index (χ3n) is 3.42. The van der Waals surface area contributed by atoms with E-state index in [4.69, 9.17) is 9.15 Å². The molecule has 23 heavy (non-hydrogen) atoms. The number of ether oxygens (including phenoxy) is 2. The quantitative estimate of drug-likeness (QED) is 0.824. The van der Waals surface area contributed by atoms with Gasteiger partial charge in [0, 0.05) is 0 Å². The molecule has 0 radical (unpaired) electrons. The van der Waals surface area contributed by atoms with Crippen molar-refractivity contribution in [3.05, 3.63) is 59.0 Å². The molecule has 0 aliphatic heterocycles. The van der Waals surface area contributed by atoms with E-state index in [1.165, 1.54) is 14.2 Å². The maximum absolute atomic E-state index is 12.0. The molecule has 6 nitrogen and oxygen atoms in total. The van der Waals surface area contributed by atoms with Gasteiger partial charge in [0.15, 0.2) is 0 Å². The van der Waals surface area contributed by atoms with Crippen molar-refractivity contribution in [3.8, 4) is 0 Å². The van der Waals surface area contributed by atoms with Crippen molar-refractivity contribution in [2.75, 3.05) is 14.2 Å². The van der Waals surface area contributed by atoms with Gasteiger partial charge in [-0.2, -0.15) is 0 Å². The zero-order valence-electron chi connectivity index (χ0n) is 13.3. The zero-order valence-corrected chi connectivity index (χ0v) is 13.3. The summed E-state index contributed by atoms with van der Waals surface area (Å²) in [7, 11) is 2.65. The molecule has 1 atom stereocenters. The standard InChI is InChI=1S/C17H19NO5/c1-11-14(16(19)21-2)9-13(23-11)10-18-15(17(20)22-3)12-7-5-4-6-8-12/h4-9,15,18H,10H2,1-3H3. The van der Waals surface area contributed by atoms with E-state index in [0.29, 0.717) is 17.1 Å². The van der Waals surface area contributed by atoms with Crippen LogP contribution in [0.15, 0.2) is 40.8 Å². The predicted octanol–water partition coefficient (Wildman–Crippen LogP) is 2.38. The van der Waals surface area contributed by atoms with Crippen LogP contribution in [0.25, 0.3) is 0 Å². The van der Waals surface area contributed by atoms with Crippen molar-refractivity contribution in [3.63, 3.8) is 0 Å². The first-order valence-corrected chi connectivity index (χ1v) is 7.10. The second-order valence-electron chi connectivity index (χ2n) is 4.92. The summed E-state index contributed by atoms with van der Waals surface area (Å²) in [5, 5.41) is 3.08. The average Bonchev–Trinajstić information content (AvgIpc) is 2.95. The molecule has 1 unspecified atom stereocenters. The highest BCUT2D eigenvalue weighted by molar-refractivity contribution is 5.90. The molecule has 1 heterocycles. The summed E-state index contributed by atoms with van der Waals surface area (Å²) in [5.41, 5.74) is 1.16. The van der Waals surface area contributed by atoms with Crippen LogP contribution in [-0.2, 0) is 20.8 Å². The molecule has 0 fully saturated rings. The van der Waals surface area contributed by atoms with Gasteiger partial charge >= 0.3 is 11.9 Å². The molecule has 2 aromatic rings. The SMILES string of the molecule is COC(=O)c1cc(CNC(C(=O)OC)c2ccccc2)oc1C. The lowest BCUT2D eigenvalue weighted by Gasteiger charge is -2.16. The minimum atomic E-state index is -0.617. The van der Waals surface area contributed by atoms with Crippen molar-refractivity contribution in [1.29, 1.82) is 0 Å². The summed E-state index contributed by atoms with van der Waals surface area (Å²) in [6.45, 7) is 1.96. The maximum atomic E-state index is 12.0. The van der Waals surface area contributed by atoms with Gasteiger partial charge in [-0.05, 0) is 18.6 Å². The van der Waals surface area contributed by atoms with Crippen molar-refractivity contribution in [2.24, 2.45) is 0 Å². The van der Waals surface area contributed by atoms with Crippen molar-refractivity contribution >= 4 is 11.9 Å². The number of hydrogen-bond donors (Lipinski definition) is 1. The number of carbonyl (C=O) groups is 2. The van der Waals surface area contributed by atoms with Crippen LogP contribution in [0.5, 0.6) is 0 Å². The number of methoxy groups -OCH3 is 2. The van der Waals surface area contributed by atoms with E-state index < -0.39 is 18.0 Å². The molecular formula is C17H19NO5. The monoisotopic (exact) mass is 317 g/mol. The van der Waals surface area contributed by atoms with Gasteiger partial charge in [0.05, 0.1) is 20.8 Å². The van der Waals surface area contributed by atoms with Crippen LogP contribution in [-0.4, -0.2) is 26.2 Å². The van der Waals surface area contributed by atoms with Gasteiger partial charge in [0.2, 0.25) is 0 Å². The van der Waals surface area contributed by atoms with Crippen molar-refractivity contribution in [1.82, 2.24) is 5.32 Å². The second-order valence-corrected chi connectivity index (χ2v) is 4.92. The number of nitrogens with one attached hydrogen (secondary N) is 1. The molecule has 1 N–H and O–H groups in total. The van der Waals surface area contributed by atoms with E-state index in [1.807, 2.05) is 30.3 Å². The molecule has 1 aromatic heterocycles. The molecule has 0 saturated carbocycles. The Kier molecular flexibility index (Phi) is 5.54. The first kappa shape index (κ1) is 16.8. The normalized spacial score (nSPS) is 11.8. The first-order chi connectivity index (χ1) is 11.1. The third kappa shape index (κ3) is 3.98. The van der Waals surface area contributed by atoms with E-state index in [0.717, 1.165) is 5.56 Å². The Labute approximate surface area is 134 Å². The number of carbonyl (C=O) groups excluding carboxylic acids is 2. The van der Waals surface area contributed by atoms with Crippen LogP contribution in [0.1, 0.15) is 33.5 Å². The third-order valence-corrected chi connectivity index (χ3v) is 3.42. The highest BCUT2D eigenvalue weighted by Crippen LogP contribution is 2.18. The van der Waals surface area contributed by atoms with E-state index in [2.05, 4.69) is 10.1 Å². The van der Waals surface area contributed by atoms with Gasteiger partial charge < -0.3 is 13.9 Å². The lowest BCUT2D eigenvalue weighted by Crippen LogP contribution is -2.29. The van der Waals surface area contributed by atoms with Crippen molar-refractivity contribution in [2.45, 2.75) is 19.5 Å². The van der Waals surface area contributed by atoms with Gasteiger partial charge in [0.25, 0.3) is 0 Å². The fraction of sp³-hybridized carbons (Fsp3) is 0.294. The summed E-state index contributed by atoms with van der Waals surface area (Å²) < 4.78 is 15.0. The molecule has 0 aliphatic carbocycles. The fourth-order valence-electron chi connectivity index (χ4n) is 2.25. The highest BCUT2D eigenvalue weighted by atomic mass is 16.5. The number of rotatable bonds is 6. The molecule has 0 amide bonds. The van der Waals surface area contributed by atoms with Crippen LogP contribution in [0.3, 0.4) is 0 Å². The van der Waals surface area contributed by atoms with Crippen LogP contribution >= 0.6 is 0 Å². The minimum absolute atomic E-state index is 0.270. The van der Waals surface area contributed by atoms with Crippen LogP contribution in [0, 0.1) is 6.92 Å². The molecule has 0 saturated heterocycles. The Bertz CT molecular complexity index is 678. The topological polar surface area (TPSA) is 77.8 Å². The molecule has 6 heteroatoms. The molecule has 0 spiro atoms. The smallest absolute Gasteiger partial charge is 0.341 e. The number of hydrogen-bond acceptors (Lipinski definition) is 6. The summed E-state index contributed by atoms with van der Waals surface area (Å²) in [4.78, 5) is 23.6. The molecule has 0 aliphatic rings. The average molecular weight is 317 g/mol. The van der Waals surface area contributed by atoms with E-state index >= 15 is 0 Å². The van der Waals surface area contributed by atoms with Gasteiger partial charge in [-0.1, -0.05) is 30.3 Å². The summed E-state index contributed by atoms with van der Waals surface area (Å²) in [5.74, 6) is 0.161. The van der Waals surface area contributed by atoms with Crippen molar-refractivity contribution < 1.29 is 23.5 Å². The Morgan fingerprint density at radius 1 is 1.17 bits per heavy atom. The number of benzene rings is 1. The molecule has 1 aromatic carbocycles. The van der Waals surface area contributed by atoms with Crippen LogP contribution in [0.2, 0.25) is 0 Å². The van der Waals surface area contributed by atoms with Gasteiger partial charge in [0.1, 0.15) is 23.1 Å². The van der Waals surface area contributed by atoms with Gasteiger partial charge in [-0.15, -0.1) is 0 Å². The Balaban J connectivity index is 2.13. The lowest BCUT2D eigenvalue weighted by molar-refractivity contribution is -0.143. The number of esters is 2. The second kappa shape index (κ2) is 7.60. The molecule has 2 rings (SSSR count). The fourth-order valence-corrected chi connectivity index (χ4v) is 2.25. The Morgan fingerprint density at radius 3 is 2.48 bits per heavy atom. The lowest BCUT2D eigenvalue weighted by atomic mass is 10.1.